The monoisotopic (exact) mass is 455 g/mol. The highest BCUT2D eigenvalue weighted by Gasteiger charge is 2.30. The zero-order chi connectivity index (χ0) is 22.4. The average molecular weight is 456 g/mol. The number of benzene rings is 2. The Balaban J connectivity index is 1.39. The fraction of sp³-hybridized carbons (Fsp3) is 0.333. The predicted molar refractivity (Wildman–Crippen MR) is 108 cm³/mol. The summed E-state index contributed by atoms with van der Waals surface area (Å²) in [5, 5.41) is 6.42. The zero-order valence-corrected chi connectivity index (χ0v) is 17.2. The van der Waals surface area contributed by atoms with Crippen molar-refractivity contribution in [3.63, 3.8) is 0 Å². The second kappa shape index (κ2) is 10.0. The first-order chi connectivity index (χ1) is 14.7. The maximum Gasteiger partial charge on any atom is 0.416 e. The Bertz CT molecular complexity index is 922. The first-order valence-corrected chi connectivity index (χ1v) is 9.93. The van der Waals surface area contributed by atoms with Crippen molar-refractivity contribution in [1.29, 1.82) is 0 Å². The van der Waals surface area contributed by atoms with E-state index in [0.717, 1.165) is 17.7 Å². The fourth-order valence-corrected chi connectivity index (χ4v) is 3.24. The van der Waals surface area contributed by atoms with E-state index in [0.29, 0.717) is 5.02 Å². The summed E-state index contributed by atoms with van der Waals surface area (Å²) in [7, 11) is 0. The van der Waals surface area contributed by atoms with Crippen molar-refractivity contribution in [3.8, 4) is 5.75 Å². The van der Waals surface area contributed by atoms with E-state index in [9.17, 15) is 22.8 Å². The lowest BCUT2D eigenvalue weighted by molar-refractivity contribution is -0.139. The Hall–Kier alpha value is -2.78. The third-order valence-corrected chi connectivity index (χ3v) is 4.97. The molecule has 3 rings (SSSR count). The molecule has 31 heavy (non-hydrogen) atoms. The predicted octanol–water partition coefficient (Wildman–Crippen LogP) is 3.37. The number of hydrogen-bond donors (Lipinski definition) is 2. The van der Waals surface area contributed by atoms with E-state index in [1.807, 2.05) is 12.1 Å². The van der Waals surface area contributed by atoms with Crippen LogP contribution in [0.3, 0.4) is 0 Å². The molecule has 0 spiro atoms. The van der Waals surface area contributed by atoms with Crippen molar-refractivity contribution in [2.75, 3.05) is 26.4 Å². The van der Waals surface area contributed by atoms with Gasteiger partial charge in [-0.05, 0) is 35.9 Å². The number of carbonyl (C=O) groups is 2. The number of nitrogens with zero attached hydrogens (tertiary/aromatic N) is 1. The second-order valence-corrected chi connectivity index (χ2v) is 7.42. The first kappa shape index (κ1) is 22.9. The number of halogens is 4. The summed E-state index contributed by atoms with van der Waals surface area (Å²) >= 11 is 5.88. The minimum absolute atomic E-state index is 0.00210. The van der Waals surface area contributed by atoms with Gasteiger partial charge in [0.25, 0.3) is 0 Å². The molecule has 2 N–H and O–H groups in total. The number of carbonyl (C=O) groups excluding carboxylic acids is 2. The molecule has 1 saturated heterocycles. The molecule has 1 unspecified atom stereocenters. The lowest BCUT2D eigenvalue weighted by atomic mass is 10.0. The molecule has 1 atom stereocenters. The molecule has 166 valence electrons. The van der Waals surface area contributed by atoms with E-state index in [-0.39, 0.29) is 56.4 Å². The molecule has 0 radical (unpaired) electrons. The Morgan fingerprint density at radius 3 is 2.65 bits per heavy atom. The Morgan fingerprint density at radius 2 is 1.97 bits per heavy atom. The van der Waals surface area contributed by atoms with Crippen LogP contribution < -0.4 is 15.4 Å². The van der Waals surface area contributed by atoms with Crippen LogP contribution in [0.25, 0.3) is 0 Å². The number of hydrogen-bond acceptors (Lipinski definition) is 4. The van der Waals surface area contributed by atoms with Gasteiger partial charge in [0.2, 0.25) is 11.8 Å². The molecule has 2 aromatic rings. The minimum atomic E-state index is -4.45. The normalized spacial score (nSPS) is 16.8. The van der Waals surface area contributed by atoms with Crippen LogP contribution in [0.15, 0.2) is 48.5 Å². The Morgan fingerprint density at radius 1 is 1.23 bits per heavy atom. The summed E-state index contributed by atoms with van der Waals surface area (Å²) in [4.78, 5) is 25.9. The summed E-state index contributed by atoms with van der Waals surface area (Å²) in [5.41, 5.74) is 0.135. The van der Waals surface area contributed by atoms with Crippen LogP contribution in [0, 0.1) is 0 Å². The molecule has 1 heterocycles. The quantitative estimate of drug-likeness (QED) is 0.628. The summed E-state index contributed by atoms with van der Waals surface area (Å²) < 4.78 is 43.4. The third-order valence-electron chi connectivity index (χ3n) is 4.72. The average Bonchev–Trinajstić information content (AvgIpc) is 2.73. The summed E-state index contributed by atoms with van der Waals surface area (Å²) in [5.74, 6) is -0.477. The van der Waals surface area contributed by atoms with Crippen molar-refractivity contribution < 1.29 is 27.5 Å². The molecule has 2 amide bonds. The van der Waals surface area contributed by atoms with Gasteiger partial charge in [-0.15, -0.1) is 0 Å². The number of nitrogens with one attached hydrogen (secondary N) is 2. The van der Waals surface area contributed by atoms with Gasteiger partial charge in [-0.25, -0.2) is 0 Å². The number of ether oxygens (including phenoxy) is 1. The van der Waals surface area contributed by atoms with Crippen LogP contribution in [-0.4, -0.2) is 43.1 Å². The van der Waals surface area contributed by atoms with E-state index in [1.165, 1.54) is 17.0 Å². The van der Waals surface area contributed by atoms with Crippen molar-refractivity contribution in [1.82, 2.24) is 15.5 Å². The molecule has 6 nitrogen and oxygen atoms in total. The second-order valence-electron chi connectivity index (χ2n) is 6.99. The van der Waals surface area contributed by atoms with Gasteiger partial charge >= 0.3 is 6.18 Å². The highest BCUT2D eigenvalue weighted by Crippen LogP contribution is 2.31. The van der Waals surface area contributed by atoms with E-state index in [1.54, 1.807) is 12.1 Å². The van der Waals surface area contributed by atoms with Crippen molar-refractivity contribution >= 4 is 23.4 Å². The van der Waals surface area contributed by atoms with Gasteiger partial charge in [-0.1, -0.05) is 29.8 Å². The molecular formula is C21H21ClF3N3O3. The summed E-state index contributed by atoms with van der Waals surface area (Å²) in [6.45, 7) is 0.193. The van der Waals surface area contributed by atoms with Gasteiger partial charge < -0.3 is 15.0 Å². The van der Waals surface area contributed by atoms with Crippen molar-refractivity contribution in [3.05, 3.63) is 64.7 Å². The van der Waals surface area contributed by atoms with Crippen LogP contribution >= 0.6 is 11.6 Å². The van der Waals surface area contributed by atoms with Crippen LogP contribution in [0.5, 0.6) is 5.75 Å². The third kappa shape index (κ3) is 6.60. The molecule has 2 aromatic carbocycles. The van der Waals surface area contributed by atoms with E-state index < -0.39 is 11.7 Å². The highest BCUT2D eigenvalue weighted by molar-refractivity contribution is 6.30. The van der Waals surface area contributed by atoms with Gasteiger partial charge in [0.15, 0.2) is 0 Å². The first-order valence-electron chi connectivity index (χ1n) is 9.56. The largest absolute Gasteiger partial charge is 0.492 e. The molecule has 1 aliphatic heterocycles. The van der Waals surface area contributed by atoms with E-state index in [2.05, 4.69) is 10.6 Å². The zero-order valence-electron chi connectivity index (χ0n) is 16.4. The van der Waals surface area contributed by atoms with Crippen LogP contribution in [0.2, 0.25) is 5.02 Å². The molecule has 0 bridgehead atoms. The van der Waals surface area contributed by atoms with Crippen molar-refractivity contribution in [2.45, 2.75) is 18.6 Å². The van der Waals surface area contributed by atoms with Gasteiger partial charge in [0.1, 0.15) is 18.9 Å². The fourth-order valence-electron chi connectivity index (χ4n) is 3.11. The van der Waals surface area contributed by atoms with Crippen LogP contribution in [0.4, 0.5) is 13.2 Å². The molecular weight excluding hydrogens is 435 g/mol. The molecule has 0 aliphatic carbocycles. The Kier molecular flexibility index (Phi) is 7.40. The maximum atomic E-state index is 12.7. The minimum Gasteiger partial charge on any atom is -0.492 e. The number of alkyl halides is 3. The smallest absolute Gasteiger partial charge is 0.416 e. The lowest BCUT2D eigenvalue weighted by Gasteiger charge is -2.32. The SMILES string of the molecule is O=C(CN1CNC(c2ccc(Cl)cc2)CC1=O)NCCOc1cccc(C(F)(F)F)c1. The maximum absolute atomic E-state index is 12.7. The molecule has 0 saturated carbocycles. The summed E-state index contributed by atoms with van der Waals surface area (Å²) in [6.07, 6.45) is -4.23. The van der Waals surface area contributed by atoms with E-state index >= 15 is 0 Å². The molecule has 0 aromatic heterocycles. The van der Waals surface area contributed by atoms with Gasteiger partial charge in [0, 0.05) is 17.5 Å². The van der Waals surface area contributed by atoms with Crippen molar-refractivity contribution in [2.24, 2.45) is 0 Å². The topological polar surface area (TPSA) is 70.7 Å². The molecule has 1 fully saturated rings. The van der Waals surface area contributed by atoms with Gasteiger partial charge in [0.05, 0.1) is 18.8 Å². The highest BCUT2D eigenvalue weighted by atomic mass is 35.5. The number of amides is 2. The van der Waals surface area contributed by atoms with Gasteiger partial charge in [-0.2, -0.15) is 13.2 Å². The molecule has 10 heteroatoms. The number of rotatable bonds is 7. The van der Waals surface area contributed by atoms with Crippen LogP contribution in [-0.2, 0) is 15.8 Å². The van der Waals surface area contributed by atoms with Crippen LogP contribution in [0.1, 0.15) is 23.6 Å². The Labute approximate surface area is 182 Å². The standard InChI is InChI=1S/C21H21ClF3N3O3/c22-16-6-4-14(5-7-16)18-11-20(30)28(13-27-18)12-19(29)26-8-9-31-17-3-1-2-15(10-17)21(23,24)25/h1-7,10,18,27H,8-9,11-13H2,(H,26,29). The molecule has 1 aliphatic rings. The summed E-state index contributed by atoms with van der Waals surface area (Å²) in [6, 6.07) is 11.6. The lowest BCUT2D eigenvalue weighted by Crippen LogP contribution is -2.50. The van der Waals surface area contributed by atoms with E-state index in [4.69, 9.17) is 16.3 Å². The van der Waals surface area contributed by atoms with Gasteiger partial charge in [-0.3, -0.25) is 14.9 Å².